The lowest BCUT2D eigenvalue weighted by Gasteiger charge is -2.27. The number of aromatic nitrogens is 6. The lowest BCUT2D eigenvalue weighted by atomic mass is 9.96. The first-order chi connectivity index (χ1) is 33.7. The number of imide groups is 2. The van der Waals surface area contributed by atoms with E-state index in [0.717, 1.165) is 21.4 Å². The minimum Gasteiger partial charge on any atom is -0.453 e. The summed E-state index contributed by atoms with van der Waals surface area (Å²) in [5.74, 6) is -3.70. The molecule has 6 amide bonds. The number of hydrogen-bond donors (Lipinski definition) is 5. The highest BCUT2D eigenvalue weighted by atomic mass is 19.1. The van der Waals surface area contributed by atoms with Gasteiger partial charge in [0.05, 0.1) is 63.8 Å². The number of halogens is 1. The van der Waals surface area contributed by atoms with Gasteiger partial charge >= 0.3 is 11.8 Å². The lowest BCUT2D eigenvalue weighted by molar-refractivity contribution is -0.136. The van der Waals surface area contributed by atoms with Crippen molar-refractivity contribution in [1.29, 1.82) is 0 Å². The van der Waals surface area contributed by atoms with Gasteiger partial charge in [-0.3, -0.25) is 48.0 Å². The summed E-state index contributed by atoms with van der Waals surface area (Å²) < 4.78 is 26.4. The van der Waals surface area contributed by atoms with Gasteiger partial charge in [0.2, 0.25) is 11.8 Å². The number of carbonyl (C=O) groups is 6. The van der Waals surface area contributed by atoms with E-state index in [4.69, 9.17) is 9.72 Å². The second-order valence-electron chi connectivity index (χ2n) is 18.3. The Balaban J connectivity index is 0.889. The van der Waals surface area contributed by atoms with Gasteiger partial charge in [-0.1, -0.05) is 18.2 Å². The van der Waals surface area contributed by atoms with Gasteiger partial charge in [-0.05, 0) is 94.3 Å². The number of unbranched alkanes of at least 4 members (excludes halogenated alkanes) is 1. The number of amides is 6. The van der Waals surface area contributed by atoms with Gasteiger partial charge in [0.25, 0.3) is 17.7 Å². The van der Waals surface area contributed by atoms with Crippen LogP contribution in [0.25, 0.3) is 55.4 Å². The Morgan fingerprint density at radius 2 is 1.71 bits per heavy atom. The Hall–Kier alpha value is -8.16. The lowest BCUT2D eigenvalue weighted by Crippen LogP contribution is -2.54. The van der Waals surface area contributed by atoms with Gasteiger partial charge in [0.15, 0.2) is 0 Å². The molecule has 70 heavy (non-hydrogen) atoms. The normalized spacial score (nSPS) is 18.1. The average molecular weight is 952 g/mol. The van der Waals surface area contributed by atoms with E-state index in [0.29, 0.717) is 83.2 Å². The summed E-state index contributed by atoms with van der Waals surface area (Å²) in [6.45, 7) is 4.70. The zero-order chi connectivity index (χ0) is 49.1. The molecule has 360 valence electrons. The Bertz CT molecular complexity index is 3400. The second-order valence-corrected chi connectivity index (χ2v) is 18.3. The van der Waals surface area contributed by atoms with Crippen molar-refractivity contribution in [2.75, 3.05) is 25.5 Å². The van der Waals surface area contributed by atoms with Crippen LogP contribution < -0.4 is 27.0 Å². The minimum atomic E-state index is -1.08. The van der Waals surface area contributed by atoms with Crippen molar-refractivity contribution < 1.29 is 37.9 Å². The minimum absolute atomic E-state index is 0.0187. The number of aryl methyl sites for hydroxylation is 1. The smallest absolute Gasteiger partial charge is 0.407 e. The van der Waals surface area contributed by atoms with Gasteiger partial charge in [-0.15, -0.1) is 0 Å². The summed E-state index contributed by atoms with van der Waals surface area (Å²) >= 11 is 0. The number of ether oxygens (including phenoxy) is 1. The van der Waals surface area contributed by atoms with Crippen LogP contribution in [0.4, 0.5) is 14.9 Å². The van der Waals surface area contributed by atoms with Crippen LogP contribution in [0.15, 0.2) is 71.8 Å². The number of rotatable bonds is 13. The summed E-state index contributed by atoms with van der Waals surface area (Å²) in [4.78, 5) is 99.8. The van der Waals surface area contributed by atoms with Gasteiger partial charge in [-0.25, -0.2) is 19.0 Å². The van der Waals surface area contributed by atoms with E-state index in [1.54, 1.807) is 46.8 Å². The first kappa shape index (κ1) is 45.6. The van der Waals surface area contributed by atoms with Crippen LogP contribution in [0, 0.1) is 5.82 Å². The van der Waals surface area contributed by atoms with Crippen LogP contribution >= 0.6 is 0 Å². The predicted molar refractivity (Wildman–Crippen MR) is 257 cm³/mol. The van der Waals surface area contributed by atoms with Crippen molar-refractivity contribution in [1.82, 2.24) is 49.7 Å². The predicted octanol–water partition coefficient (Wildman–Crippen LogP) is 6.09. The topological polar surface area (TPSA) is 236 Å². The number of methoxy groups -OCH3 is 1. The summed E-state index contributed by atoms with van der Waals surface area (Å²) in [5.41, 5.74) is 5.44. The van der Waals surface area contributed by atoms with Gasteiger partial charge < -0.3 is 25.7 Å². The Labute approximate surface area is 398 Å². The molecule has 3 aromatic carbocycles. The summed E-state index contributed by atoms with van der Waals surface area (Å²) in [6.07, 6.45) is 5.81. The van der Waals surface area contributed by atoms with Crippen molar-refractivity contribution >= 4 is 74.3 Å². The van der Waals surface area contributed by atoms with Crippen LogP contribution in [0.5, 0.6) is 0 Å². The van der Waals surface area contributed by atoms with E-state index < -0.39 is 47.5 Å². The number of fused-ring (bicyclic) bond motifs is 5. The first-order valence-electron chi connectivity index (χ1n) is 23.3. The maximum atomic E-state index is 16.3. The van der Waals surface area contributed by atoms with E-state index in [-0.39, 0.29) is 59.9 Å². The maximum Gasteiger partial charge on any atom is 0.407 e. The van der Waals surface area contributed by atoms with Crippen molar-refractivity contribution in [3.63, 3.8) is 0 Å². The summed E-state index contributed by atoms with van der Waals surface area (Å²) in [7, 11) is 3.02. The molecule has 1 saturated carbocycles. The number of benzene rings is 3. The zero-order valence-corrected chi connectivity index (χ0v) is 38.9. The number of anilines is 1. The largest absolute Gasteiger partial charge is 0.453 e. The third-order valence-electron chi connectivity index (χ3n) is 13.7. The van der Waals surface area contributed by atoms with Crippen LogP contribution in [-0.2, 0) is 21.4 Å². The standard InChI is InChI=1S/C50H50FN11O8/c1-25(2)62-35-15-11-26(20-28(35)23-55-62)39-41-43-37(59(3)50(69)60(43)30-13-12-29(22-30)56-49(68)70-4)24-54-44(41)58-42(39)27-10-14-31(33(51)21-27)45(64)53-19-6-5-18-52-34-9-7-8-32-40(34)48(67)61(47(32)66)36-16-17-38(63)57-46(36)65/h7-11,14-15,20-21,23-25,29-30,36,52H,5-6,12-13,16-19,22H2,1-4H3,(H,53,64)(H,54,58)(H,56,68)(H,57,63,65)/t29-,30-,36?/m1/s1. The highest BCUT2D eigenvalue weighted by Gasteiger charge is 2.45. The number of nitrogens with one attached hydrogen (secondary N) is 5. The van der Waals surface area contributed by atoms with E-state index in [9.17, 15) is 33.6 Å². The van der Waals surface area contributed by atoms with Gasteiger partial charge in [-0.2, -0.15) is 5.10 Å². The molecule has 10 rings (SSSR count). The number of pyridine rings is 1. The first-order valence-corrected chi connectivity index (χ1v) is 23.3. The number of imidazole rings is 1. The molecule has 0 spiro atoms. The maximum absolute atomic E-state index is 16.3. The molecular weight excluding hydrogens is 902 g/mol. The average Bonchev–Trinajstić information content (AvgIpc) is 4.17. The molecule has 6 heterocycles. The highest BCUT2D eigenvalue weighted by Crippen LogP contribution is 2.44. The number of H-pyrrole nitrogens is 1. The monoisotopic (exact) mass is 951 g/mol. The fourth-order valence-electron chi connectivity index (χ4n) is 10.3. The fraction of sp³-hybridized carbons (Fsp3) is 0.340. The molecule has 1 aliphatic carbocycles. The summed E-state index contributed by atoms with van der Waals surface area (Å²) in [5, 5.41) is 17.2. The Kier molecular flexibility index (Phi) is 11.8. The molecule has 0 bridgehead atoms. The van der Waals surface area contributed by atoms with Crippen LogP contribution in [-0.4, -0.2) is 102 Å². The molecular formula is C50H50FN11O8. The second kappa shape index (κ2) is 18.1. The number of piperidine rings is 1. The number of alkyl carbamates (subject to hydrolysis) is 1. The third kappa shape index (κ3) is 7.81. The molecule has 2 aliphatic heterocycles. The number of aromatic amines is 1. The number of nitrogens with zero attached hydrogens (tertiary/aromatic N) is 6. The van der Waals surface area contributed by atoms with Crippen molar-refractivity contribution in [3.8, 4) is 22.4 Å². The molecule has 4 aromatic heterocycles. The number of hydrogen-bond acceptors (Lipinski definition) is 11. The molecule has 2 fully saturated rings. The van der Waals surface area contributed by atoms with E-state index in [1.165, 1.54) is 25.3 Å². The quantitative estimate of drug-likeness (QED) is 0.0655. The molecule has 19 nitrogen and oxygen atoms in total. The van der Waals surface area contributed by atoms with E-state index >= 15 is 4.39 Å². The van der Waals surface area contributed by atoms with Gasteiger partial charge in [0.1, 0.15) is 17.5 Å². The molecule has 3 atom stereocenters. The Morgan fingerprint density at radius 1 is 0.914 bits per heavy atom. The van der Waals surface area contributed by atoms with Crippen LogP contribution in [0.3, 0.4) is 0 Å². The molecule has 1 saturated heterocycles. The van der Waals surface area contributed by atoms with Crippen molar-refractivity contribution in [2.24, 2.45) is 7.05 Å². The van der Waals surface area contributed by atoms with Crippen LogP contribution in [0.2, 0.25) is 0 Å². The number of carbonyl (C=O) groups excluding carboxylic acids is 6. The molecule has 3 aliphatic rings. The van der Waals surface area contributed by atoms with Crippen LogP contribution in [0.1, 0.15) is 102 Å². The molecule has 7 aromatic rings. The fourth-order valence-corrected chi connectivity index (χ4v) is 10.3. The SMILES string of the molecule is COC(=O)N[C@@H]1CC[C@@H](n2c(=O)n(C)c3cnc4[nH]c(-c5ccc(C(=O)NCCCCNc6cccc7c6C(=O)N(C6CCC(=O)NC6=O)C7=O)c(F)c5)c(-c5ccc6c(cnn6C(C)C)c5)c4c32)C1. The van der Waals surface area contributed by atoms with Crippen molar-refractivity contribution in [3.05, 3.63) is 100.0 Å². The summed E-state index contributed by atoms with van der Waals surface area (Å²) in [6, 6.07) is 13.8. The Morgan fingerprint density at radius 3 is 2.49 bits per heavy atom. The van der Waals surface area contributed by atoms with Gasteiger partial charge in [0, 0.05) is 66.9 Å². The molecule has 1 unspecified atom stereocenters. The molecule has 5 N–H and O–H groups in total. The molecule has 20 heteroatoms. The highest BCUT2D eigenvalue weighted by molar-refractivity contribution is 6.25. The third-order valence-corrected chi connectivity index (χ3v) is 13.7. The van der Waals surface area contributed by atoms with Crippen molar-refractivity contribution in [2.45, 2.75) is 83.0 Å². The molecule has 0 radical (unpaired) electrons. The van der Waals surface area contributed by atoms with E-state index in [1.807, 2.05) is 22.9 Å². The zero-order valence-electron chi connectivity index (χ0n) is 38.9. The van der Waals surface area contributed by atoms with E-state index in [2.05, 4.69) is 45.2 Å².